The maximum Gasteiger partial charge on any atom is 0.244 e. The predicted octanol–water partition coefficient (Wildman–Crippen LogP) is 1.49. The second kappa shape index (κ2) is 9.43. The maximum atomic E-state index is 12.8. The molecule has 9 nitrogen and oxygen atoms in total. The van der Waals surface area contributed by atoms with Gasteiger partial charge in [0.25, 0.3) is 0 Å². The van der Waals surface area contributed by atoms with E-state index in [2.05, 4.69) is 15.0 Å². The summed E-state index contributed by atoms with van der Waals surface area (Å²) < 4.78 is 10.6. The van der Waals surface area contributed by atoms with Gasteiger partial charge in [-0.15, -0.1) is 0 Å². The lowest BCUT2D eigenvalue weighted by Crippen LogP contribution is -2.46. The Hall–Kier alpha value is -2.00. The van der Waals surface area contributed by atoms with E-state index in [1.807, 2.05) is 25.7 Å². The van der Waals surface area contributed by atoms with Crippen LogP contribution in [0, 0.1) is 18.3 Å². The first-order valence-corrected chi connectivity index (χ1v) is 10.8. The molecule has 1 atom stereocenters. The molecule has 0 N–H and O–H groups in total. The summed E-state index contributed by atoms with van der Waals surface area (Å²) in [7, 11) is 3.43. The zero-order valence-electron chi connectivity index (χ0n) is 18.9. The highest BCUT2D eigenvalue weighted by molar-refractivity contribution is 5.78. The summed E-state index contributed by atoms with van der Waals surface area (Å²) in [6, 6.07) is -0.0710. The van der Waals surface area contributed by atoms with E-state index in [9.17, 15) is 9.59 Å². The molecule has 2 fully saturated rings. The Balaban J connectivity index is 1.71. The number of amides is 2. The van der Waals surface area contributed by atoms with Gasteiger partial charge in [0, 0.05) is 46.3 Å². The molecule has 0 aliphatic carbocycles. The van der Waals surface area contributed by atoms with Gasteiger partial charge in [0.1, 0.15) is 0 Å². The lowest BCUT2D eigenvalue weighted by atomic mass is 9.76. The Bertz CT molecular complexity index is 742. The Labute approximate surface area is 178 Å². The molecule has 1 aromatic rings. The monoisotopic (exact) mass is 421 g/mol. The van der Waals surface area contributed by atoms with E-state index in [0.717, 1.165) is 38.9 Å². The minimum atomic E-state index is -0.0710. The van der Waals surface area contributed by atoms with Crippen molar-refractivity contribution in [3.63, 3.8) is 0 Å². The van der Waals surface area contributed by atoms with E-state index in [1.165, 1.54) is 0 Å². The third-order valence-electron chi connectivity index (χ3n) is 6.46. The molecule has 0 aromatic carbocycles. The Kier molecular flexibility index (Phi) is 7.13. The standard InChI is InChI=1S/C21H35N5O4/c1-15(2)20(28)25-8-6-21(7-9-25)12-17(19-22-16(3)23-30-19)26(14-21)13-18(27)24(4)10-11-29-5/h15,17H,6-14H2,1-5H3. The van der Waals surface area contributed by atoms with Crippen molar-refractivity contribution in [1.82, 2.24) is 24.8 Å². The average Bonchev–Trinajstić information content (AvgIpc) is 3.29. The summed E-state index contributed by atoms with van der Waals surface area (Å²) in [5.74, 6) is 1.48. The number of likely N-dealkylation sites (tertiary alicyclic amines) is 2. The number of aromatic nitrogens is 2. The highest BCUT2D eigenvalue weighted by atomic mass is 16.5. The minimum Gasteiger partial charge on any atom is -0.383 e. The van der Waals surface area contributed by atoms with Crippen molar-refractivity contribution in [2.24, 2.45) is 11.3 Å². The van der Waals surface area contributed by atoms with Crippen molar-refractivity contribution in [3.05, 3.63) is 11.7 Å². The second-order valence-electron chi connectivity index (χ2n) is 9.09. The number of aryl methyl sites for hydroxylation is 1. The number of likely N-dealkylation sites (N-methyl/N-ethyl adjacent to an activating group) is 1. The molecular formula is C21H35N5O4. The quantitative estimate of drug-likeness (QED) is 0.659. The van der Waals surface area contributed by atoms with Gasteiger partial charge >= 0.3 is 0 Å². The Morgan fingerprint density at radius 1 is 1.33 bits per heavy atom. The molecule has 9 heteroatoms. The number of carbonyl (C=O) groups is 2. The van der Waals surface area contributed by atoms with Gasteiger partial charge < -0.3 is 19.1 Å². The molecule has 0 saturated carbocycles. The summed E-state index contributed by atoms with van der Waals surface area (Å²) in [6.07, 6.45) is 2.73. The van der Waals surface area contributed by atoms with Crippen LogP contribution in [0.3, 0.4) is 0 Å². The van der Waals surface area contributed by atoms with Gasteiger partial charge in [0.05, 0.1) is 19.2 Å². The lowest BCUT2D eigenvalue weighted by Gasteiger charge is -2.40. The number of hydrogen-bond acceptors (Lipinski definition) is 7. The van der Waals surface area contributed by atoms with Gasteiger partial charge in [-0.3, -0.25) is 14.5 Å². The number of carbonyl (C=O) groups excluding carboxylic acids is 2. The van der Waals surface area contributed by atoms with Gasteiger partial charge in [0.2, 0.25) is 17.7 Å². The number of piperidine rings is 1. The van der Waals surface area contributed by atoms with Crippen LogP contribution in [-0.4, -0.2) is 90.1 Å². The van der Waals surface area contributed by atoms with Crippen molar-refractivity contribution < 1.29 is 18.8 Å². The molecule has 3 heterocycles. The van der Waals surface area contributed by atoms with Gasteiger partial charge in [-0.25, -0.2) is 0 Å². The molecule has 2 aliphatic rings. The van der Waals surface area contributed by atoms with Gasteiger partial charge in [-0.05, 0) is 31.6 Å². The van der Waals surface area contributed by atoms with Crippen molar-refractivity contribution in [2.75, 3.05) is 53.5 Å². The Morgan fingerprint density at radius 2 is 2.03 bits per heavy atom. The fraction of sp³-hybridized carbons (Fsp3) is 0.810. The van der Waals surface area contributed by atoms with E-state index < -0.39 is 0 Å². The second-order valence-corrected chi connectivity index (χ2v) is 9.09. The fourth-order valence-corrected chi connectivity index (χ4v) is 4.58. The van der Waals surface area contributed by atoms with Crippen LogP contribution in [0.25, 0.3) is 0 Å². The predicted molar refractivity (Wildman–Crippen MR) is 111 cm³/mol. The molecule has 2 aliphatic heterocycles. The minimum absolute atomic E-state index is 0.0218. The van der Waals surface area contributed by atoms with Crippen LogP contribution in [0.5, 0.6) is 0 Å². The van der Waals surface area contributed by atoms with Gasteiger partial charge in [-0.2, -0.15) is 4.98 Å². The zero-order valence-corrected chi connectivity index (χ0v) is 18.9. The fourth-order valence-electron chi connectivity index (χ4n) is 4.58. The summed E-state index contributed by atoms with van der Waals surface area (Å²) in [6.45, 7) is 9.41. The molecule has 0 radical (unpaired) electrons. The van der Waals surface area contributed by atoms with Crippen LogP contribution >= 0.6 is 0 Å². The summed E-state index contributed by atoms with van der Waals surface area (Å²) in [5.41, 5.74) is 0.0617. The van der Waals surface area contributed by atoms with E-state index >= 15 is 0 Å². The summed E-state index contributed by atoms with van der Waals surface area (Å²) >= 11 is 0. The topological polar surface area (TPSA) is 92.0 Å². The van der Waals surface area contributed by atoms with Crippen LogP contribution in [0.1, 0.15) is 50.9 Å². The molecular weight excluding hydrogens is 386 g/mol. The number of methoxy groups -OCH3 is 1. The molecule has 30 heavy (non-hydrogen) atoms. The van der Waals surface area contributed by atoms with Crippen LogP contribution in [0.4, 0.5) is 0 Å². The normalized spacial score (nSPS) is 21.5. The lowest BCUT2D eigenvalue weighted by molar-refractivity contribution is -0.136. The van der Waals surface area contributed by atoms with Gasteiger partial charge in [-0.1, -0.05) is 19.0 Å². The molecule has 1 aromatic heterocycles. The largest absolute Gasteiger partial charge is 0.383 e. The zero-order chi connectivity index (χ0) is 21.9. The first-order valence-electron chi connectivity index (χ1n) is 10.8. The number of hydrogen-bond donors (Lipinski definition) is 0. The summed E-state index contributed by atoms with van der Waals surface area (Å²) in [4.78, 5) is 35.5. The van der Waals surface area contributed by atoms with E-state index in [4.69, 9.17) is 9.26 Å². The SMILES string of the molecule is COCCN(C)C(=O)CN1CC2(CCN(C(=O)C(C)C)CC2)CC1c1nc(C)no1. The highest BCUT2D eigenvalue weighted by Crippen LogP contribution is 2.48. The van der Waals surface area contributed by atoms with Crippen LogP contribution in [0.15, 0.2) is 4.52 Å². The third kappa shape index (κ3) is 5.00. The van der Waals surface area contributed by atoms with Crippen molar-refractivity contribution in [3.8, 4) is 0 Å². The molecule has 0 bridgehead atoms. The third-order valence-corrected chi connectivity index (χ3v) is 6.46. The van der Waals surface area contributed by atoms with Crippen LogP contribution in [0.2, 0.25) is 0 Å². The van der Waals surface area contributed by atoms with Crippen LogP contribution < -0.4 is 0 Å². The maximum absolute atomic E-state index is 12.8. The van der Waals surface area contributed by atoms with Crippen molar-refractivity contribution >= 4 is 11.8 Å². The van der Waals surface area contributed by atoms with E-state index in [-0.39, 0.29) is 29.2 Å². The first-order chi connectivity index (χ1) is 14.2. The number of nitrogens with zero attached hydrogens (tertiary/aromatic N) is 5. The molecule has 3 rings (SSSR count). The molecule has 1 spiro atoms. The van der Waals surface area contributed by atoms with Crippen molar-refractivity contribution in [1.29, 1.82) is 0 Å². The highest BCUT2D eigenvalue weighted by Gasteiger charge is 2.48. The summed E-state index contributed by atoms with van der Waals surface area (Å²) in [5, 5.41) is 3.96. The van der Waals surface area contributed by atoms with Crippen molar-refractivity contribution in [2.45, 2.75) is 46.1 Å². The molecule has 2 saturated heterocycles. The molecule has 168 valence electrons. The molecule has 1 unspecified atom stereocenters. The first kappa shape index (κ1) is 22.7. The van der Waals surface area contributed by atoms with Crippen LogP contribution in [-0.2, 0) is 14.3 Å². The van der Waals surface area contributed by atoms with E-state index in [0.29, 0.717) is 31.4 Å². The number of rotatable bonds is 7. The average molecular weight is 422 g/mol. The number of ether oxygens (including phenoxy) is 1. The van der Waals surface area contributed by atoms with E-state index in [1.54, 1.807) is 19.1 Å². The smallest absolute Gasteiger partial charge is 0.244 e. The van der Waals surface area contributed by atoms with Gasteiger partial charge in [0.15, 0.2) is 5.82 Å². The Morgan fingerprint density at radius 3 is 2.60 bits per heavy atom. The molecule has 2 amide bonds.